The number of benzene rings is 1. The molecule has 4 heteroatoms. The van der Waals surface area contributed by atoms with Crippen molar-refractivity contribution >= 4 is 16.6 Å². The molecule has 1 fully saturated rings. The molecule has 0 atom stereocenters. The first-order valence-corrected chi connectivity index (χ1v) is 6.98. The largest absolute Gasteiger partial charge is 0.365 e. The van der Waals surface area contributed by atoms with E-state index in [1.165, 1.54) is 36.8 Å². The Morgan fingerprint density at radius 1 is 1.16 bits per heavy atom. The number of aryl methyl sites for hydroxylation is 1. The normalized spacial score (nSPS) is 16.7. The Kier molecular flexibility index (Phi) is 3.23. The van der Waals surface area contributed by atoms with Gasteiger partial charge in [-0.15, -0.1) is 0 Å². The maximum Gasteiger partial charge on any atom is 0.274 e. The second-order valence-corrected chi connectivity index (χ2v) is 5.30. The molecule has 4 nitrogen and oxygen atoms in total. The van der Waals surface area contributed by atoms with Crippen LogP contribution in [0, 0.1) is 0 Å². The van der Waals surface area contributed by atoms with Gasteiger partial charge >= 0.3 is 0 Å². The summed E-state index contributed by atoms with van der Waals surface area (Å²) in [5.74, 6) is 0.838. The highest BCUT2D eigenvalue weighted by molar-refractivity contribution is 5.90. The van der Waals surface area contributed by atoms with E-state index in [9.17, 15) is 4.79 Å². The van der Waals surface area contributed by atoms with Gasteiger partial charge in [0.2, 0.25) is 0 Å². The summed E-state index contributed by atoms with van der Waals surface area (Å²) in [4.78, 5) is 12.0. The first-order chi connectivity index (χ1) is 9.25. The molecule has 0 unspecified atom stereocenters. The van der Waals surface area contributed by atoms with E-state index in [-0.39, 0.29) is 5.56 Å². The number of rotatable bonds is 2. The molecule has 0 aliphatic heterocycles. The molecule has 1 aliphatic carbocycles. The fourth-order valence-corrected chi connectivity index (χ4v) is 2.85. The highest BCUT2D eigenvalue weighted by Gasteiger charge is 2.16. The van der Waals surface area contributed by atoms with Crippen LogP contribution in [0.4, 0.5) is 5.82 Å². The molecule has 0 amide bonds. The highest BCUT2D eigenvalue weighted by atomic mass is 16.1. The summed E-state index contributed by atoms with van der Waals surface area (Å²) < 4.78 is 1.42. The Bertz CT molecular complexity index is 641. The third kappa shape index (κ3) is 2.35. The predicted octanol–water partition coefficient (Wildman–Crippen LogP) is 2.68. The third-order valence-corrected chi connectivity index (χ3v) is 3.90. The third-order valence-electron chi connectivity index (χ3n) is 3.90. The van der Waals surface area contributed by atoms with Gasteiger partial charge in [0.25, 0.3) is 5.56 Å². The maximum atomic E-state index is 12.0. The second kappa shape index (κ2) is 5.03. The zero-order valence-corrected chi connectivity index (χ0v) is 11.2. The van der Waals surface area contributed by atoms with E-state index >= 15 is 0 Å². The van der Waals surface area contributed by atoms with Crippen LogP contribution in [-0.2, 0) is 7.05 Å². The van der Waals surface area contributed by atoms with E-state index in [0.29, 0.717) is 6.04 Å². The van der Waals surface area contributed by atoms with E-state index in [1.807, 2.05) is 24.3 Å². The Morgan fingerprint density at radius 3 is 2.58 bits per heavy atom. The molecule has 3 rings (SSSR count). The predicted molar refractivity (Wildman–Crippen MR) is 77.5 cm³/mol. The molecule has 0 saturated heterocycles. The molecule has 0 spiro atoms. The minimum absolute atomic E-state index is 0.0372. The van der Waals surface area contributed by atoms with Gasteiger partial charge < -0.3 is 5.32 Å². The Labute approximate surface area is 112 Å². The van der Waals surface area contributed by atoms with Gasteiger partial charge in [0.15, 0.2) is 5.82 Å². The second-order valence-electron chi connectivity index (χ2n) is 5.30. The van der Waals surface area contributed by atoms with Crippen LogP contribution in [-0.4, -0.2) is 15.8 Å². The molecule has 100 valence electrons. The van der Waals surface area contributed by atoms with Gasteiger partial charge in [0.1, 0.15) is 0 Å². The first kappa shape index (κ1) is 12.2. The zero-order valence-electron chi connectivity index (χ0n) is 11.2. The van der Waals surface area contributed by atoms with Crippen LogP contribution in [0.2, 0.25) is 0 Å². The summed E-state index contributed by atoms with van der Waals surface area (Å²) in [6, 6.07) is 8.17. The van der Waals surface area contributed by atoms with Crippen LogP contribution >= 0.6 is 0 Å². The van der Waals surface area contributed by atoms with Gasteiger partial charge in [-0.3, -0.25) is 4.79 Å². The molecular weight excluding hydrogens is 238 g/mol. The van der Waals surface area contributed by atoms with E-state index in [4.69, 9.17) is 0 Å². The number of anilines is 1. The van der Waals surface area contributed by atoms with Gasteiger partial charge in [-0.25, -0.2) is 4.68 Å². The lowest BCUT2D eigenvalue weighted by Gasteiger charge is -2.24. The number of nitrogens with one attached hydrogen (secondary N) is 1. The molecule has 1 heterocycles. The summed E-state index contributed by atoms with van der Waals surface area (Å²) in [6.07, 6.45) is 6.28. The Morgan fingerprint density at radius 2 is 1.84 bits per heavy atom. The Balaban J connectivity index is 2.02. The van der Waals surface area contributed by atoms with Gasteiger partial charge in [-0.2, -0.15) is 5.10 Å². The van der Waals surface area contributed by atoms with Crippen molar-refractivity contribution in [2.24, 2.45) is 7.05 Å². The monoisotopic (exact) mass is 257 g/mol. The van der Waals surface area contributed by atoms with Crippen molar-refractivity contribution in [3.63, 3.8) is 0 Å². The number of nitrogens with zero attached hydrogens (tertiary/aromatic N) is 2. The molecule has 1 N–H and O–H groups in total. The van der Waals surface area contributed by atoms with Crippen LogP contribution in [0.15, 0.2) is 29.1 Å². The molecule has 0 radical (unpaired) electrons. The molecule has 2 aromatic rings. The van der Waals surface area contributed by atoms with Gasteiger partial charge in [-0.1, -0.05) is 37.5 Å². The summed E-state index contributed by atoms with van der Waals surface area (Å²) in [5, 5.41) is 9.57. The van der Waals surface area contributed by atoms with Gasteiger partial charge in [0, 0.05) is 18.5 Å². The van der Waals surface area contributed by atoms with Crippen LogP contribution in [0.5, 0.6) is 0 Å². The molecular formula is C15H19N3O. The van der Waals surface area contributed by atoms with Crippen molar-refractivity contribution in [3.8, 4) is 0 Å². The average Bonchev–Trinajstić information content (AvgIpc) is 2.46. The number of hydrogen-bond donors (Lipinski definition) is 1. The summed E-state index contributed by atoms with van der Waals surface area (Å²) in [7, 11) is 1.71. The van der Waals surface area contributed by atoms with E-state index in [1.54, 1.807) is 7.05 Å². The topological polar surface area (TPSA) is 46.9 Å². The SMILES string of the molecule is Cn1nc(NC2CCCCC2)c2ccccc2c1=O. The van der Waals surface area contributed by atoms with Crippen molar-refractivity contribution in [1.29, 1.82) is 0 Å². The molecule has 19 heavy (non-hydrogen) atoms. The van der Waals surface area contributed by atoms with Crippen molar-refractivity contribution < 1.29 is 0 Å². The van der Waals surface area contributed by atoms with Crippen molar-refractivity contribution in [2.75, 3.05) is 5.32 Å². The summed E-state index contributed by atoms with van der Waals surface area (Å²) in [5.41, 5.74) is -0.0372. The quantitative estimate of drug-likeness (QED) is 0.899. The van der Waals surface area contributed by atoms with Crippen molar-refractivity contribution in [1.82, 2.24) is 9.78 Å². The molecule has 1 aliphatic rings. The van der Waals surface area contributed by atoms with Crippen molar-refractivity contribution in [3.05, 3.63) is 34.6 Å². The van der Waals surface area contributed by atoms with Gasteiger partial charge in [-0.05, 0) is 18.9 Å². The number of fused-ring (bicyclic) bond motifs is 1. The van der Waals surface area contributed by atoms with Crippen LogP contribution < -0.4 is 10.9 Å². The first-order valence-electron chi connectivity index (χ1n) is 6.98. The number of aromatic nitrogens is 2. The molecule has 1 aromatic heterocycles. The molecule has 0 bridgehead atoms. The smallest absolute Gasteiger partial charge is 0.274 e. The van der Waals surface area contributed by atoms with E-state index in [2.05, 4.69) is 10.4 Å². The van der Waals surface area contributed by atoms with Crippen LogP contribution in [0.1, 0.15) is 32.1 Å². The lowest BCUT2D eigenvalue weighted by atomic mass is 9.95. The van der Waals surface area contributed by atoms with Crippen LogP contribution in [0.3, 0.4) is 0 Å². The van der Waals surface area contributed by atoms with Crippen LogP contribution in [0.25, 0.3) is 10.8 Å². The van der Waals surface area contributed by atoms with Gasteiger partial charge in [0.05, 0.1) is 5.39 Å². The maximum absolute atomic E-state index is 12.0. The highest BCUT2D eigenvalue weighted by Crippen LogP contribution is 2.24. The molecule has 1 aromatic carbocycles. The standard InChI is InChI=1S/C15H19N3O/c1-18-15(19)13-10-6-5-9-12(13)14(17-18)16-11-7-3-2-4-8-11/h5-6,9-11H,2-4,7-8H2,1H3,(H,16,17). The van der Waals surface area contributed by atoms with Crippen molar-refractivity contribution in [2.45, 2.75) is 38.1 Å². The minimum atomic E-state index is -0.0372. The van der Waals surface area contributed by atoms with E-state index in [0.717, 1.165) is 16.6 Å². The zero-order chi connectivity index (χ0) is 13.2. The summed E-state index contributed by atoms with van der Waals surface area (Å²) >= 11 is 0. The lowest BCUT2D eigenvalue weighted by molar-refractivity contribution is 0.461. The fraction of sp³-hybridized carbons (Fsp3) is 0.467. The van der Waals surface area contributed by atoms with E-state index < -0.39 is 0 Å². The minimum Gasteiger partial charge on any atom is -0.365 e. The number of hydrogen-bond acceptors (Lipinski definition) is 3. The summed E-state index contributed by atoms with van der Waals surface area (Å²) in [6.45, 7) is 0. The fourth-order valence-electron chi connectivity index (χ4n) is 2.85. The molecule has 1 saturated carbocycles. The lowest BCUT2D eigenvalue weighted by Crippen LogP contribution is -2.26. The Hall–Kier alpha value is -1.84. The average molecular weight is 257 g/mol.